The van der Waals surface area contributed by atoms with Crippen LogP contribution in [0.1, 0.15) is 12.8 Å². The fourth-order valence-corrected chi connectivity index (χ4v) is 3.34. The molecular formula is C17H17Cl2N2O. The van der Waals surface area contributed by atoms with Gasteiger partial charge in [0.25, 0.3) is 0 Å². The largest absolute Gasteiger partial charge is 0.382 e. The zero-order chi connectivity index (χ0) is 15.5. The maximum Gasteiger partial charge on any atom is 0.178 e. The Balaban J connectivity index is 1.58. The standard InChI is InChI=1S/C17H17Cl2N2O/c18-12-9-13(19)11-15(10-12)20-14-5-7-21(8-6-14)16-1-3-17(22)4-2-16/h1-4,9-11,14,20H,5-8H2. The average Bonchev–Trinajstić information content (AvgIpc) is 2.48. The highest BCUT2D eigenvalue weighted by atomic mass is 35.5. The van der Waals surface area contributed by atoms with E-state index >= 15 is 0 Å². The van der Waals surface area contributed by atoms with Crippen molar-refractivity contribution in [2.24, 2.45) is 0 Å². The Hall–Kier alpha value is -1.58. The van der Waals surface area contributed by atoms with Crippen LogP contribution in [0.3, 0.4) is 0 Å². The summed E-state index contributed by atoms with van der Waals surface area (Å²) < 4.78 is 0. The van der Waals surface area contributed by atoms with Gasteiger partial charge in [0.2, 0.25) is 0 Å². The molecule has 2 aromatic carbocycles. The van der Waals surface area contributed by atoms with Crippen molar-refractivity contribution in [1.82, 2.24) is 0 Å². The highest BCUT2D eigenvalue weighted by molar-refractivity contribution is 6.35. The molecule has 1 aliphatic heterocycles. The number of halogens is 2. The van der Waals surface area contributed by atoms with Gasteiger partial charge in [0.1, 0.15) is 0 Å². The summed E-state index contributed by atoms with van der Waals surface area (Å²) >= 11 is 12.1. The van der Waals surface area contributed by atoms with Gasteiger partial charge in [-0.1, -0.05) is 23.2 Å². The fraction of sp³-hybridized carbons (Fsp3) is 0.294. The number of hydrogen-bond acceptors (Lipinski definition) is 2. The van der Waals surface area contributed by atoms with Crippen LogP contribution in [0.5, 0.6) is 5.75 Å². The summed E-state index contributed by atoms with van der Waals surface area (Å²) in [5.41, 5.74) is 2.08. The first-order chi connectivity index (χ1) is 10.6. The van der Waals surface area contributed by atoms with E-state index in [1.807, 2.05) is 24.3 Å². The lowest BCUT2D eigenvalue weighted by atomic mass is 10.0. The van der Waals surface area contributed by atoms with Crippen molar-refractivity contribution in [3.05, 3.63) is 52.5 Å². The number of rotatable bonds is 3. The summed E-state index contributed by atoms with van der Waals surface area (Å²) in [6.45, 7) is 1.92. The van der Waals surface area contributed by atoms with E-state index < -0.39 is 0 Å². The third-order valence-corrected chi connectivity index (χ3v) is 4.37. The third-order valence-electron chi connectivity index (χ3n) is 3.93. The number of piperidine rings is 1. The number of hydrogen-bond donors (Lipinski definition) is 1. The summed E-state index contributed by atoms with van der Waals surface area (Å²) in [7, 11) is 0. The Morgan fingerprint density at radius 2 is 1.55 bits per heavy atom. The molecule has 1 fully saturated rings. The predicted molar refractivity (Wildman–Crippen MR) is 91.9 cm³/mol. The molecule has 0 atom stereocenters. The smallest absolute Gasteiger partial charge is 0.178 e. The molecule has 1 aliphatic rings. The SMILES string of the molecule is [O]c1ccc(N2CCC(Nc3cc(Cl)cc(Cl)c3)CC2)cc1. The minimum Gasteiger partial charge on any atom is -0.382 e. The third kappa shape index (κ3) is 3.79. The van der Waals surface area contributed by atoms with E-state index in [-0.39, 0.29) is 5.75 Å². The number of nitrogens with one attached hydrogen (secondary N) is 1. The van der Waals surface area contributed by atoms with Gasteiger partial charge in [0.05, 0.1) is 0 Å². The maximum atomic E-state index is 11.2. The Morgan fingerprint density at radius 3 is 2.14 bits per heavy atom. The topological polar surface area (TPSA) is 35.2 Å². The van der Waals surface area contributed by atoms with E-state index in [1.54, 1.807) is 18.2 Å². The number of nitrogens with zero attached hydrogens (tertiary/aromatic N) is 1. The molecule has 3 nitrogen and oxygen atoms in total. The lowest BCUT2D eigenvalue weighted by molar-refractivity contribution is 0.355. The van der Waals surface area contributed by atoms with E-state index in [0.29, 0.717) is 16.1 Å². The molecule has 2 aromatic rings. The Morgan fingerprint density at radius 1 is 0.955 bits per heavy atom. The van der Waals surface area contributed by atoms with Crippen molar-refractivity contribution in [3.63, 3.8) is 0 Å². The minimum absolute atomic E-state index is 0.0538. The van der Waals surface area contributed by atoms with Gasteiger partial charge in [0.15, 0.2) is 5.75 Å². The Bertz CT molecular complexity index is 617. The molecular weight excluding hydrogens is 319 g/mol. The van der Waals surface area contributed by atoms with Gasteiger partial charge in [-0.2, -0.15) is 0 Å². The Labute approximate surface area is 140 Å². The van der Waals surface area contributed by atoms with Crippen molar-refractivity contribution in [3.8, 4) is 5.75 Å². The van der Waals surface area contributed by atoms with Gasteiger partial charge in [-0.15, -0.1) is 0 Å². The van der Waals surface area contributed by atoms with E-state index in [2.05, 4.69) is 10.2 Å². The summed E-state index contributed by atoms with van der Waals surface area (Å²) in [5, 5.41) is 15.9. The average molecular weight is 336 g/mol. The molecule has 5 heteroatoms. The fourth-order valence-electron chi connectivity index (χ4n) is 2.81. The van der Waals surface area contributed by atoms with Crippen molar-refractivity contribution in [2.45, 2.75) is 18.9 Å². The van der Waals surface area contributed by atoms with Crippen LogP contribution in [0.25, 0.3) is 0 Å². The summed E-state index contributed by atoms with van der Waals surface area (Å²) in [4.78, 5) is 2.31. The molecule has 0 bridgehead atoms. The first-order valence-electron chi connectivity index (χ1n) is 7.35. The number of benzene rings is 2. The minimum atomic E-state index is 0.0538. The van der Waals surface area contributed by atoms with Crippen LogP contribution in [0.4, 0.5) is 11.4 Å². The lowest BCUT2D eigenvalue weighted by Gasteiger charge is -2.34. The molecule has 3 rings (SSSR count). The molecule has 1 N–H and O–H groups in total. The second-order valence-electron chi connectivity index (χ2n) is 5.56. The van der Waals surface area contributed by atoms with Gasteiger partial charge < -0.3 is 10.2 Å². The predicted octanol–water partition coefficient (Wildman–Crippen LogP) is 5.22. The van der Waals surface area contributed by atoms with Crippen LogP contribution in [0.2, 0.25) is 10.0 Å². The van der Waals surface area contributed by atoms with Crippen molar-refractivity contribution < 1.29 is 5.11 Å². The highest BCUT2D eigenvalue weighted by Gasteiger charge is 2.19. The van der Waals surface area contributed by atoms with E-state index in [1.165, 1.54) is 0 Å². The summed E-state index contributed by atoms with van der Waals surface area (Å²) in [6, 6.07) is 13.0. The van der Waals surface area contributed by atoms with Crippen LogP contribution in [0.15, 0.2) is 42.5 Å². The van der Waals surface area contributed by atoms with Crippen molar-refractivity contribution in [1.29, 1.82) is 0 Å². The molecule has 0 aliphatic carbocycles. The van der Waals surface area contributed by atoms with Crippen molar-refractivity contribution >= 4 is 34.6 Å². The zero-order valence-electron chi connectivity index (χ0n) is 12.1. The monoisotopic (exact) mass is 335 g/mol. The molecule has 1 heterocycles. The molecule has 1 saturated heterocycles. The number of anilines is 2. The van der Waals surface area contributed by atoms with Gasteiger partial charge in [0, 0.05) is 40.6 Å². The first kappa shape index (κ1) is 15.3. The first-order valence-corrected chi connectivity index (χ1v) is 8.10. The van der Waals surface area contributed by atoms with E-state index in [4.69, 9.17) is 23.2 Å². The zero-order valence-corrected chi connectivity index (χ0v) is 13.6. The molecule has 0 spiro atoms. The quantitative estimate of drug-likeness (QED) is 0.834. The second-order valence-corrected chi connectivity index (χ2v) is 6.43. The molecule has 0 unspecified atom stereocenters. The summed E-state index contributed by atoms with van der Waals surface area (Å²) in [6.07, 6.45) is 2.06. The second kappa shape index (κ2) is 6.67. The van der Waals surface area contributed by atoms with Crippen LogP contribution >= 0.6 is 23.2 Å². The van der Waals surface area contributed by atoms with Crippen LogP contribution in [0, 0.1) is 0 Å². The van der Waals surface area contributed by atoms with E-state index in [9.17, 15) is 5.11 Å². The van der Waals surface area contributed by atoms with Gasteiger partial charge in [-0.3, -0.25) is 5.11 Å². The van der Waals surface area contributed by atoms with E-state index in [0.717, 1.165) is 37.3 Å². The van der Waals surface area contributed by atoms with Crippen LogP contribution in [-0.4, -0.2) is 19.1 Å². The molecule has 22 heavy (non-hydrogen) atoms. The van der Waals surface area contributed by atoms with Crippen LogP contribution < -0.4 is 10.2 Å². The summed E-state index contributed by atoms with van der Waals surface area (Å²) in [5.74, 6) is 0.0538. The van der Waals surface area contributed by atoms with Crippen LogP contribution in [-0.2, 0) is 5.11 Å². The normalized spacial score (nSPS) is 15.8. The van der Waals surface area contributed by atoms with Gasteiger partial charge in [-0.05, 0) is 55.3 Å². The molecule has 1 radical (unpaired) electrons. The van der Waals surface area contributed by atoms with Crippen molar-refractivity contribution in [2.75, 3.05) is 23.3 Å². The van der Waals surface area contributed by atoms with Gasteiger partial charge >= 0.3 is 0 Å². The molecule has 0 amide bonds. The maximum absolute atomic E-state index is 11.2. The Kier molecular flexibility index (Phi) is 4.65. The molecule has 0 saturated carbocycles. The van der Waals surface area contributed by atoms with Gasteiger partial charge in [-0.25, -0.2) is 0 Å². The highest BCUT2D eigenvalue weighted by Crippen LogP contribution is 2.26. The molecule has 0 aromatic heterocycles. The lowest BCUT2D eigenvalue weighted by Crippen LogP contribution is -2.39. The molecule has 115 valence electrons.